The lowest BCUT2D eigenvalue weighted by molar-refractivity contribution is -0.148. The summed E-state index contributed by atoms with van der Waals surface area (Å²) in [6.45, 7) is 4.90. The second-order valence-electron chi connectivity index (χ2n) is 5.56. The highest BCUT2D eigenvalue weighted by molar-refractivity contribution is 7.22. The molecule has 0 N–H and O–H groups in total. The first-order valence-corrected chi connectivity index (χ1v) is 8.16. The summed E-state index contributed by atoms with van der Waals surface area (Å²) >= 11 is 1.55. The number of anilines is 1. The van der Waals surface area contributed by atoms with E-state index in [4.69, 9.17) is 0 Å². The number of carbonyl (C=O) groups is 2. The average Bonchev–Trinajstić information content (AvgIpc) is 3.06. The Morgan fingerprint density at radius 2 is 2.17 bits per heavy atom. The second-order valence-corrected chi connectivity index (χ2v) is 6.54. The number of thiazole rings is 1. The molecule has 0 radical (unpaired) electrons. The number of methoxy groups -OCH3 is 1. The predicted molar refractivity (Wildman–Crippen MR) is 86.5 cm³/mol. The monoisotopic (exact) mass is 337 g/mol. The van der Waals surface area contributed by atoms with Crippen molar-refractivity contribution >= 4 is 38.7 Å². The Kier molecular flexibility index (Phi) is 3.97. The molecule has 23 heavy (non-hydrogen) atoms. The van der Waals surface area contributed by atoms with Gasteiger partial charge in [-0.15, -0.1) is 0 Å². The summed E-state index contributed by atoms with van der Waals surface area (Å²) in [4.78, 5) is 32.0. The predicted octanol–water partition coefficient (Wildman–Crippen LogP) is 0.548. The van der Waals surface area contributed by atoms with Gasteiger partial charge in [0.25, 0.3) is 0 Å². The van der Waals surface area contributed by atoms with Crippen LogP contribution in [0, 0.1) is 6.92 Å². The Morgan fingerprint density at radius 3 is 2.83 bits per heavy atom. The SMILES string of the molecule is COC(=O)CN1CCN(c2nc3c(s2)c(C)nn3C)[C@H](C)C1=O. The molecule has 1 fully saturated rings. The van der Waals surface area contributed by atoms with Crippen LogP contribution in [0.3, 0.4) is 0 Å². The van der Waals surface area contributed by atoms with Crippen molar-refractivity contribution in [1.29, 1.82) is 0 Å². The van der Waals surface area contributed by atoms with Crippen LogP contribution in [0.2, 0.25) is 0 Å². The molecule has 1 aliphatic rings. The van der Waals surface area contributed by atoms with Crippen LogP contribution < -0.4 is 4.90 Å². The number of carbonyl (C=O) groups excluding carboxylic acids is 2. The number of hydrogen-bond donors (Lipinski definition) is 0. The van der Waals surface area contributed by atoms with Gasteiger partial charge in [0.05, 0.1) is 17.5 Å². The van der Waals surface area contributed by atoms with Crippen LogP contribution in [-0.4, -0.2) is 64.3 Å². The lowest BCUT2D eigenvalue weighted by Gasteiger charge is -2.38. The van der Waals surface area contributed by atoms with Gasteiger partial charge in [-0.2, -0.15) is 5.10 Å². The van der Waals surface area contributed by atoms with E-state index in [1.807, 2.05) is 25.8 Å². The number of piperazine rings is 1. The minimum absolute atomic E-state index is 0.00359. The molecule has 0 aliphatic carbocycles. The van der Waals surface area contributed by atoms with Crippen molar-refractivity contribution in [3.05, 3.63) is 5.69 Å². The Balaban J connectivity index is 1.82. The van der Waals surface area contributed by atoms with E-state index in [0.717, 1.165) is 21.2 Å². The minimum atomic E-state index is -0.402. The highest BCUT2D eigenvalue weighted by atomic mass is 32.1. The van der Waals surface area contributed by atoms with Crippen LogP contribution in [0.1, 0.15) is 12.6 Å². The Morgan fingerprint density at radius 1 is 1.43 bits per heavy atom. The van der Waals surface area contributed by atoms with Crippen molar-refractivity contribution in [2.24, 2.45) is 7.05 Å². The summed E-state index contributed by atoms with van der Waals surface area (Å²) in [5.74, 6) is -0.489. The van der Waals surface area contributed by atoms with Crippen molar-refractivity contribution in [3.8, 4) is 0 Å². The van der Waals surface area contributed by atoms with E-state index >= 15 is 0 Å². The molecular formula is C14H19N5O3S. The molecule has 1 saturated heterocycles. The highest BCUT2D eigenvalue weighted by Crippen LogP contribution is 2.32. The first kappa shape index (κ1) is 15.7. The number of aromatic nitrogens is 3. The van der Waals surface area contributed by atoms with Gasteiger partial charge < -0.3 is 14.5 Å². The maximum atomic E-state index is 12.5. The molecule has 8 nitrogen and oxygen atoms in total. The first-order valence-electron chi connectivity index (χ1n) is 7.34. The third-order valence-electron chi connectivity index (χ3n) is 4.07. The molecule has 9 heteroatoms. The topological polar surface area (TPSA) is 80.6 Å². The zero-order valence-electron chi connectivity index (χ0n) is 13.6. The van der Waals surface area contributed by atoms with E-state index in [1.54, 1.807) is 16.0 Å². The van der Waals surface area contributed by atoms with Gasteiger partial charge >= 0.3 is 5.97 Å². The summed E-state index contributed by atoms with van der Waals surface area (Å²) in [6.07, 6.45) is 0. The zero-order valence-corrected chi connectivity index (χ0v) is 14.4. The van der Waals surface area contributed by atoms with Gasteiger partial charge in [-0.1, -0.05) is 11.3 Å². The number of ether oxygens (including phenoxy) is 1. The number of nitrogens with zero attached hydrogens (tertiary/aromatic N) is 5. The Labute approximate surface area is 137 Å². The van der Waals surface area contributed by atoms with Gasteiger partial charge in [-0.05, 0) is 13.8 Å². The fourth-order valence-electron chi connectivity index (χ4n) is 2.77. The van der Waals surface area contributed by atoms with Crippen molar-refractivity contribution in [3.63, 3.8) is 0 Å². The molecule has 2 aromatic rings. The molecule has 0 bridgehead atoms. The van der Waals surface area contributed by atoms with Gasteiger partial charge in [0.2, 0.25) is 5.91 Å². The summed E-state index contributed by atoms with van der Waals surface area (Å²) in [5, 5.41) is 5.16. The van der Waals surface area contributed by atoms with Gasteiger partial charge in [0.1, 0.15) is 12.6 Å². The van der Waals surface area contributed by atoms with E-state index in [1.165, 1.54) is 12.0 Å². The van der Waals surface area contributed by atoms with E-state index in [9.17, 15) is 9.59 Å². The minimum Gasteiger partial charge on any atom is -0.468 e. The summed E-state index contributed by atoms with van der Waals surface area (Å²) < 4.78 is 7.43. The lowest BCUT2D eigenvalue weighted by atomic mass is 10.2. The van der Waals surface area contributed by atoms with Gasteiger partial charge in [0, 0.05) is 20.1 Å². The summed E-state index contributed by atoms with van der Waals surface area (Å²) in [6, 6.07) is -0.359. The fraction of sp³-hybridized carbons (Fsp3) is 0.571. The molecule has 124 valence electrons. The van der Waals surface area contributed by atoms with Crippen LogP contribution in [-0.2, 0) is 21.4 Å². The number of hydrogen-bond acceptors (Lipinski definition) is 7. The quantitative estimate of drug-likeness (QED) is 0.761. The van der Waals surface area contributed by atoms with E-state index < -0.39 is 5.97 Å². The van der Waals surface area contributed by atoms with Crippen LogP contribution in [0.5, 0.6) is 0 Å². The van der Waals surface area contributed by atoms with Crippen LogP contribution in [0.4, 0.5) is 5.13 Å². The summed E-state index contributed by atoms with van der Waals surface area (Å²) in [7, 11) is 3.19. The Bertz CT molecular complexity index is 733. The summed E-state index contributed by atoms with van der Waals surface area (Å²) in [5.41, 5.74) is 1.77. The second kappa shape index (κ2) is 5.80. The van der Waals surface area contributed by atoms with E-state index in [-0.39, 0.29) is 18.5 Å². The number of aryl methyl sites for hydroxylation is 2. The van der Waals surface area contributed by atoms with Crippen LogP contribution in [0.15, 0.2) is 0 Å². The normalized spacial score (nSPS) is 18.8. The lowest BCUT2D eigenvalue weighted by Crippen LogP contribution is -2.57. The fourth-order valence-corrected chi connectivity index (χ4v) is 3.90. The van der Waals surface area contributed by atoms with Crippen molar-refractivity contribution in [1.82, 2.24) is 19.7 Å². The largest absolute Gasteiger partial charge is 0.468 e. The molecule has 3 rings (SSSR count). The third kappa shape index (κ3) is 2.65. The highest BCUT2D eigenvalue weighted by Gasteiger charge is 2.34. The molecule has 1 atom stereocenters. The van der Waals surface area contributed by atoms with Crippen molar-refractivity contribution in [2.45, 2.75) is 19.9 Å². The van der Waals surface area contributed by atoms with Crippen molar-refractivity contribution < 1.29 is 14.3 Å². The molecule has 0 unspecified atom stereocenters. The van der Waals surface area contributed by atoms with Gasteiger partial charge in [-0.3, -0.25) is 9.59 Å². The zero-order chi connectivity index (χ0) is 16.7. The third-order valence-corrected chi connectivity index (χ3v) is 5.26. The van der Waals surface area contributed by atoms with Crippen LogP contribution >= 0.6 is 11.3 Å². The average molecular weight is 337 g/mol. The van der Waals surface area contributed by atoms with Crippen LogP contribution in [0.25, 0.3) is 10.3 Å². The first-order chi connectivity index (χ1) is 10.9. The van der Waals surface area contributed by atoms with E-state index in [0.29, 0.717) is 13.1 Å². The number of amides is 1. The standard InChI is InChI=1S/C14H19N5O3S/c1-8-11-12(17(3)16-8)15-14(23-11)19-6-5-18(7-10(20)22-4)13(21)9(19)2/h9H,5-7H2,1-4H3/t9-/m1/s1. The molecule has 0 spiro atoms. The number of rotatable bonds is 3. The molecular weight excluding hydrogens is 318 g/mol. The number of esters is 1. The molecule has 3 heterocycles. The van der Waals surface area contributed by atoms with Gasteiger partial charge in [0.15, 0.2) is 10.8 Å². The van der Waals surface area contributed by atoms with E-state index in [2.05, 4.69) is 14.8 Å². The smallest absolute Gasteiger partial charge is 0.325 e. The number of fused-ring (bicyclic) bond motifs is 1. The maximum Gasteiger partial charge on any atom is 0.325 e. The van der Waals surface area contributed by atoms with Crippen molar-refractivity contribution in [2.75, 3.05) is 31.6 Å². The molecule has 2 aromatic heterocycles. The molecule has 0 saturated carbocycles. The van der Waals surface area contributed by atoms with Gasteiger partial charge in [-0.25, -0.2) is 9.67 Å². The molecule has 0 aromatic carbocycles. The maximum absolute atomic E-state index is 12.5. The molecule has 1 aliphatic heterocycles. The molecule has 1 amide bonds. The Hall–Kier alpha value is -2.16.